The monoisotopic (exact) mass is 150 g/mol. The van der Waals surface area contributed by atoms with E-state index < -0.39 is 0 Å². The summed E-state index contributed by atoms with van der Waals surface area (Å²) in [5.74, 6) is 0.970. The fraction of sp³-hybridized carbons (Fsp3) is 0.400. The Balaban J connectivity index is 2.45. The van der Waals surface area contributed by atoms with Gasteiger partial charge in [-0.2, -0.15) is 0 Å². The molecule has 0 spiro atoms. The van der Waals surface area contributed by atoms with Crippen molar-refractivity contribution >= 4 is 0 Å². The van der Waals surface area contributed by atoms with Crippen molar-refractivity contribution in [2.45, 2.75) is 26.7 Å². The van der Waals surface area contributed by atoms with Gasteiger partial charge in [-0.05, 0) is 37.5 Å². The molecule has 0 aliphatic carbocycles. The summed E-state index contributed by atoms with van der Waals surface area (Å²) in [6.45, 7) is 4.18. The van der Waals surface area contributed by atoms with E-state index in [-0.39, 0.29) is 0 Å². The second kappa shape index (κ2) is 4.02. The summed E-state index contributed by atoms with van der Waals surface area (Å²) < 4.78 is 5.30. The van der Waals surface area contributed by atoms with Crippen LogP contribution in [-0.2, 0) is 4.74 Å². The van der Waals surface area contributed by atoms with Crippen molar-refractivity contribution in [1.29, 1.82) is 0 Å². The molecule has 0 bridgehead atoms. The van der Waals surface area contributed by atoms with Crippen LogP contribution >= 0.6 is 0 Å². The molecule has 1 heteroatoms. The SMILES string of the molecule is CC/C=C/C1=CCC(C)=CO1. The number of allylic oxidation sites excluding steroid dienone is 4. The van der Waals surface area contributed by atoms with Crippen molar-refractivity contribution in [3.8, 4) is 0 Å². The van der Waals surface area contributed by atoms with Gasteiger partial charge in [0.05, 0.1) is 6.26 Å². The molecule has 11 heavy (non-hydrogen) atoms. The van der Waals surface area contributed by atoms with Gasteiger partial charge < -0.3 is 4.74 Å². The molecule has 0 saturated heterocycles. The maximum Gasteiger partial charge on any atom is 0.122 e. The molecule has 0 aromatic heterocycles. The van der Waals surface area contributed by atoms with Crippen molar-refractivity contribution in [2.24, 2.45) is 0 Å². The highest BCUT2D eigenvalue weighted by Crippen LogP contribution is 2.14. The molecule has 0 N–H and O–H groups in total. The van der Waals surface area contributed by atoms with E-state index in [1.165, 1.54) is 5.57 Å². The fourth-order valence-electron chi connectivity index (χ4n) is 0.868. The van der Waals surface area contributed by atoms with Gasteiger partial charge in [-0.1, -0.05) is 13.0 Å². The third kappa shape index (κ3) is 2.62. The first kappa shape index (κ1) is 8.12. The third-order valence-corrected chi connectivity index (χ3v) is 1.54. The second-order valence-electron chi connectivity index (χ2n) is 2.70. The maximum atomic E-state index is 5.30. The van der Waals surface area contributed by atoms with Crippen molar-refractivity contribution < 1.29 is 4.74 Å². The minimum absolute atomic E-state index is 0.970. The first-order valence-corrected chi connectivity index (χ1v) is 4.02. The quantitative estimate of drug-likeness (QED) is 0.587. The predicted octanol–water partition coefficient (Wildman–Crippen LogP) is 3.16. The predicted molar refractivity (Wildman–Crippen MR) is 47.0 cm³/mol. The van der Waals surface area contributed by atoms with E-state index in [9.17, 15) is 0 Å². The van der Waals surface area contributed by atoms with Crippen LogP contribution in [0.3, 0.4) is 0 Å². The number of rotatable bonds is 2. The smallest absolute Gasteiger partial charge is 0.122 e. The molecule has 1 nitrogen and oxygen atoms in total. The highest BCUT2D eigenvalue weighted by molar-refractivity contribution is 5.19. The van der Waals surface area contributed by atoms with Gasteiger partial charge in [0, 0.05) is 0 Å². The van der Waals surface area contributed by atoms with Gasteiger partial charge in [0.1, 0.15) is 5.76 Å². The molecule has 1 rings (SSSR count). The van der Waals surface area contributed by atoms with Gasteiger partial charge in [-0.3, -0.25) is 0 Å². The lowest BCUT2D eigenvalue weighted by Crippen LogP contribution is -1.89. The van der Waals surface area contributed by atoms with Gasteiger partial charge in [-0.25, -0.2) is 0 Å². The normalized spacial score (nSPS) is 17.6. The zero-order chi connectivity index (χ0) is 8.10. The Kier molecular flexibility index (Phi) is 2.96. The largest absolute Gasteiger partial charge is 0.465 e. The van der Waals surface area contributed by atoms with Crippen molar-refractivity contribution in [2.75, 3.05) is 0 Å². The summed E-state index contributed by atoms with van der Waals surface area (Å²) >= 11 is 0. The van der Waals surface area contributed by atoms with Gasteiger partial charge in [0.15, 0.2) is 0 Å². The van der Waals surface area contributed by atoms with Crippen molar-refractivity contribution in [3.63, 3.8) is 0 Å². The van der Waals surface area contributed by atoms with E-state index >= 15 is 0 Å². The standard InChI is InChI=1S/C10H14O/c1-3-4-5-10-7-6-9(2)8-11-10/h4-5,7-8H,3,6H2,1-2H3/b5-4+. The molecular formula is C10H14O. The van der Waals surface area contributed by atoms with Crippen molar-refractivity contribution in [3.05, 3.63) is 35.8 Å². The lowest BCUT2D eigenvalue weighted by atomic mass is 10.2. The summed E-state index contributed by atoms with van der Waals surface area (Å²) in [5, 5.41) is 0. The molecule has 0 fully saturated rings. The van der Waals surface area contributed by atoms with Crippen LogP contribution in [0.1, 0.15) is 26.7 Å². The van der Waals surface area contributed by atoms with Gasteiger partial charge in [-0.15, -0.1) is 0 Å². The Bertz CT molecular complexity index is 209. The number of hydrogen-bond acceptors (Lipinski definition) is 1. The summed E-state index contributed by atoms with van der Waals surface area (Å²) in [5.41, 5.74) is 1.28. The Labute approximate surface area is 68.1 Å². The van der Waals surface area contributed by atoms with Crippen LogP contribution in [-0.4, -0.2) is 0 Å². The van der Waals surface area contributed by atoms with Gasteiger partial charge in [0.25, 0.3) is 0 Å². The Morgan fingerprint density at radius 2 is 2.45 bits per heavy atom. The first-order chi connectivity index (χ1) is 5.33. The minimum Gasteiger partial charge on any atom is -0.465 e. The average molecular weight is 150 g/mol. The summed E-state index contributed by atoms with van der Waals surface area (Å²) in [6, 6.07) is 0. The maximum absolute atomic E-state index is 5.30. The van der Waals surface area contributed by atoms with Crippen LogP contribution < -0.4 is 0 Å². The average Bonchev–Trinajstić information content (AvgIpc) is 2.04. The van der Waals surface area contributed by atoms with Crippen molar-refractivity contribution in [1.82, 2.24) is 0 Å². The van der Waals surface area contributed by atoms with E-state index in [0.717, 1.165) is 18.6 Å². The van der Waals surface area contributed by atoms with Crippen LogP contribution in [0, 0.1) is 0 Å². The zero-order valence-electron chi connectivity index (χ0n) is 7.13. The Morgan fingerprint density at radius 1 is 1.64 bits per heavy atom. The molecule has 0 saturated carbocycles. The molecule has 1 aliphatic heterocycles. The van der Waals surface area contributed by atoms with E-state index in [1.54, 1.807) is 0 Å². The van der Waals surface area contributed by atoms with E-state index in [4.69, 9.17) is 4.74 Å². The van der Waals surface area contributed by atoms with E-state index in [1.807, 2.05) is 12.3 Å². The zero-order valence-corrected chi connectivity index (χ0v) is 7.13. The summed E-state index contributed by atoms with van der Waals surface area (Å²) in [6.07, 6.45) is 10.1. The molecule has 0 unspecified atom stereocenters. The molecular weight excluding hydrogens is 136 g/mol. The molecule has 0 atom stereocenters. The van der Waals surface area contributed by atoms with Crippen LogP contribution in [0.5, 0.6) is 0 Å². The minimum atomic E-state index is 0.970. The topological polar surface area (TPSA) is 9.23 Å². The van der Waals surface area contributed by atoms with E-state index in [0.29, 0.717) is 0 Å². The third-order valence-electron chi connectivity index (χ3n) is 1.54. The molecule has 0 amide bonds. The molecule has 1 aliphatic rings. The Hall–Kier alpha value is -0.980. The Morgan fingerprint density at radius 3 is 3.00 bits per heavy atom. The second-order valence-corrected chi connectivity index (χ2v) is 2.70. The highest BCUT2D eigenvalue weighted by atomic mass is 16.5. The molecule has 0 aromatic carbocycles. The molecule has 60 valence electrons. The highest BCUT2D eigenvalue weighted by Gasteiger charge is 1.98. The van der Waals surface area contributed by atoms with Crippen LogP contribution in [0.25, 0.3) is 0 Å². The molecule has 0 radical (unpaired) electrons. The van der Waals surface area contributed by atoms with E-state index in [2.05, 4.69) is 26.0 Å². The number of hydrogen-bond donors (Lipinski definition) is 0. The summed E-state index contributed by atoms with van der Waals surface area (Å²) in [7, 11) is 0. The lowest BCUT2D eigenvalue weighted by molar-refractivity contribution is 0.353. The fourth-order valence-corrected chi connectivity index (χ4v) is 0.868. The van der Waals surface area contributed by atoms with Gasteiger partial charge in [0.2, 0.25) is 0 Å². The summed E-state index contributed by atoms with van der Waals surface area (Å²) in [4.78, 5) is 0. The van der Waals surface area contributed by atoms with Gasteiger partial charge >= 0.3 is 0 Å². The molecule has 0 aromatic rings. The molecule has 1 heterocycles. The van der Waals surface area contributed by atoms with Crippen LogP contribution in [0.4, 0.5) is 0 Å². The van der Waals surface area contributed by atoms with Crippen LogP contribution in [0.15, 0.2) is 35.8 Å². The van der Waals surface area contributed by atoms with Crippen LogP contribution in [0.2, 0.25) is 0 Å². The number of ether oxygens (including phenoxy) is 1. The lowest BCUT2D eigenvalue weighted by Gasteiger charge is -2.08. The first-order valence-electron chi connectivity index (χ1n) is 4.02.